The number of nitrogens with one attached hydrogen (secondary N) is 1. The molecule has 0 aliphatic carbocycles. The first kappa shape index (κ1) is 19.9. The number of ether oxygens (including phenoxy) is 2. The molecule has 0 bridgehead atoms. The molecule has 0 saturated carbocycles. The zero-order valence-electron chi connectivity index (χ0n) is 15.8. The van der Waals surface area contributed by atoms with Crippen LogP contribution in [0.5, 0.6) is 11.5 Å². The number of benzene rings is 3. The molecule has 3 aromatic carbocycles. The number of anilines is 1. The average Bonchev–Trinajstić information content (AvgIpc) is 2.73. The number of nitro groups is 1. The zero-order valence-corrected chi connectivity index (χ0v) is 15.8. The minimum absolute atomic E-state index is 0.0470. The highest BCUT2D eigenvalue weighted by atomic mass is 16.6. The van der Waals surface area contributed by atoms with E-state index in [0.717, 1.165) is 0 Å². The fourth-order valence-electron chi connectivity index (χ4n) is 2.73. The third kappa shape index (κ3) is 5.32. The Morgan fingerprint density at radius 3 is 2.45 bits per heavy atom. The van der Waals surface area contributed by atoms with Crippen LogP contribution < -0.4 is 14.8 Å². The topological polar surface area (TPSA) is 90.7 Å². The monoisotopic (exact) mass is 392 g/mol. The predicted octanol–water partition coefficient (Wildman–Crippen LogP) is 4.50. The maximum absolute atomic E-state index is 12.2. The number of amides is 1. The molecule has 0 heterocycles. The highest BCUT2D eigenvalue weighted by Gasteiger charge is 2.14. The second-order valence-corrected chi connectivity index (χ2v) is 6.25. The molecular formula is C22H20N2O5. The van der Waals surface area contributed by atoms with Crippen molar-refractivity contribution >= 4 is 17.3 Å². The SMILES string of the molecule is Cc1c(COc2ccccc2NC(=O)COc2ccccc2)cccc1[N+](=O)[O-]. The Hall–Kier alpha value is -3.87. The molecule has 29 heavy (non-hydrogen) atoms. The van der Waals surface area contributed by atoms with Crippen LogP contribution in [0.15, 0.2) is 72.8 Å². The van der Waals surface area contributed by atoms with Crippen LogP contribution in [-0.2, 0) is 11.4 Å². The third-order valence-electron chi connectivity index (χ3n) is 4.27. The standard InChI is InChI=1S/C22H20N2O5/c1-16-17(8-7-12-20(16)24(26)27)14-29-21-13-6-5-11-19(21)23-22(25)15-28-18-9-3-2-4-10-18/h2-13H,14-15H2,1H3,(H,23,25). The van der Waals surface area contributed by atoms with Crippen LogP contribution >= 0.6 is 0 Å². The van der Waals surface area contributed by atoms with E-state index in [9.17, 15) is 14.9 Å². The van der Waals surface area contributed by atoms with Crippen LogP contribution in [0.4, 0.5) is 11.4 Å². The van der Waals surface area contributed by atoms with Gasteiger partial charge in [-0.05, 0) is 36.8 Å². The van der Waals surface area contributed by atoms with E-state index in [-0.39, 0.29) is 24.8 Å². The summed E-state index contributed by atoms with van der Waals surface area (Å²) in [6, 6.07) is 20.9. The molecule has 7 heteroatoms. The molecule has 3 rings (SSSR count). The van der Waals surface area contributed by atoms with Crippen molar-refractivity contribution in [1.82, 2.24) is 0 Å². The van der Waals surface area contributed by atoms with Crippen molar-refractivity contribution in [2.75, 3.05) is 11.9 Å². The maximum Gasteiger partial charge on any atom is 0.272 e. The minimum atomic E-state index is -0.417. The number of para-hydroxylation sites is 3. The molecule has 0 aliphatic rings. The molecule has 1 amide bonds. The van der Waals surface area contributed by atoms with Gasteiger partial charge in [-0.15, -0.1) is 0 Å². The summed E-state index contributed by atoms with van der Waals surface area (Å²) in [4.78, 5) is 22.9. The molecule has 0 unspecified atom stereocenters. The Bertz CT molecular complexity index is 1010. The Kier molecular flexibility index (Phi) is 6.42. The Balaban J connectivity index is 1.64. The van der Waals surface area contributed by atoms with Gasteiger partial charge in [-0.3, -0.25) is 14.9 Å². The second-order valence-electron chi connectivity index (χ2n) is 6.25. The van der Waals surface area contributed by atoms with Gasteiger partial charge in [-0.25, -0.2) is 0 Å². The van der Waals surface area contributed by atoms with Crippen molar-refractivity contribution in [2.45, 2.75) is 13.5 Å². The van der Waals surface area contributed by atoms with E-state index in [1.807, 2.05) is 18.2 Å². The van der Waals surface area contributed by atoms with Gasteiger partial charge in [0.05, 0.1) is 10.6 Å². The van der Waals surface area contributed by atoms with Crippen molar-refractivity contribution in [1.29, 1.82) is 0 Å². The first-order valence-corrected chi connectivity index (χ1v) is 8.97. The molecule has 0 aliphatic heterocycles. The van der Waals surface area contributed by atoms with E-state index in [4.69, 9.17) is 9.47 Å². The number of rotatable bonds is 8. The molecule has 0 aromatic heterocycles. The molecule has 148 valence electrons. The highest BCUT2D eigenvalue weighted by molar-refractivity contribution is 5.93. The normalized spacial score (nSPS) is 10.2. The van der Waals surface area contributed by atoms with Crippen LogP contribution in [0, 0.1) is 17.0 Å². The van der Waals surface area contributed by atoms with Crippen LogP contribution in [0.2, 0.25) is 0 Å². The van der Waals surface area contributed by atoms with Gasteiger partial charge in [-0.1, -0.05) is 42.5 Å². The highest BCUT2D eigenvalue weighted by Crippen LogP contribution is 2.27. The second kappa shape index (κ2) is 9.36. The van der Waals surface area contributed by atoms with Gasteiger partial charge in [0.1, 0.15) is 18.1 Å². The van der Waals surface area contributed by atoms with E-state index < -0.39 is 4.92 Å². The number of hydrogen-bond acceptors (Lipinski definition) is 5. The summed E-state index contributed by atoms with van der Waals surface area (Å²) in [6.07, 6.45) is 0. The summed E-state index contributed by atoms with van der Waals surface area (Å²) < 4.78 is 11.3. The Labute approximate surface area is 168 Å². The molecule has 0 saturated heterocycles. The van der Waals surface area contributed by atoms with Crippen LogP contribution in [0.25, 0.3) is 0 Å². The Morgan fingerprint density at radius 1 is 0.966 bits per heavy atom. The number of carbonyl (C=O) groups excluding carboxylic acids is 1. The summed E-state index contributed by atoms with van der Waals surface area (Å²) in [5.41, 5.74) is 1.80. The lowest BCUT2D eigenvalue weighted by Gasteiger charge is -2.14. The number of hydrogen-bond donors (Lipinski definition) is 1. The minimum Gasteiger partial charge on any atom is -0.487 e. The summed E-state index contributed by atoms with van der Waals surface area (Å²) in [5.74, 6) is 0.747. The van der Waals surface area contributed by atoms with Crippen molar-refractivity contribution in [3.63, 3.8) is 0 Å². The largest absolute Gasteiger partial charge is 0.487 e. The van der Waals surface area contributed by atoms with E-state index in [0.29, 0.717) is 28.3 Å². The van der Waals surface area contributed by atoms with Gasteiger partial charge < -0.3 is 14.8 Å². The van der Waals surface area contributed by atoms with Gasteiger partial charge >= 0.3 is 0 Å². The quantitative estimate of drug-likeness (QED) is 0.450. The van der Waals surface area contributed by atoms with E-state index >= 15 is 0 Å². The summed E-state index contributed by atoms with van der Waals surface area (Å²) in [5, 5.41) is 13.9. The lowest BCUT2D eigenvalue weighted by molar-refractivity contribution is -0.385. The Morgan fingerprint density at radius 2 is 1.69 bits per heavy atom. The third-order valence-corrected chi connectivity index (χ3v) is 4.27. The van der Waals surface area contributed by atoms with Crippen molar-refractivity contribution < 1.29 is 19.2 Å². The van der Waals surface area contributed by atoms with E-state index in [2.05, 4.69) is 5.32 Å². The molecule has 7 nitrogen and oxygen atoms in total. The number of nitrogens with zero attached hydrogens (tertiary/aromatic N) is 1. The summed E-state index contributed by atoms with van der Waals surface area (Å²) in [7, 11) is 0. The molecule has 0 radical (unpaired) electrons. The van der Waals surface area contributed by atoms with Gasteiger partial charge in [0.2, 0.25) is 0 Å². The summed E-state index contributed by atoms with van der Waals surface area (Å²) >= 11 is 0. The first-order chi connectivity index (χ1) is 14.0. The van der Waals surface area contributed by atoms with Gasteiger partial charge in [0, 0.05) is 11.6 Å². The van der Waals surface area contributed by atoms with Gasteiger partial charge in [0.25, 0.3) is 11.6 Å². The van der Waals surface area contributed by atoms with Gasteiger partial charge in [0.15, 0.2) is 6.61 Å². The predicted molar refractivity (Wildman–Crippen MR) is 109 cm³/mol. The first-order valence-electron chi connectivity index (χ1n) is 8.97. The number of carbonyl (C=O) groups is 1. The smallest absolute Gasteiger partial charge is 0.272 e. The molecule has 0 spiro atoms. The molecule has 3 aromatic rings. The van der Waals surface area contributed by atoms with Crippen molar-refractivity contribution in [3.8, 4) is 11.5 Å². The van der Waals surface area contributed by atoms with E-state index in [1.54, 1.807) is 55.5 Å². The zero-order chi connectivity index (χ0) is 20.6. The molecular weight excluding hydrogens is 372 g/mol. The fourth-order valence-corrected chi connectivity index (χ4v) is 2.73. The van der Waals surface area contributed by atoms with Gasteiger partial charge in [-0.2, -0.15) is 0 Å². The average molecular weight is 392 g/mol. The van der Waals surface area contributed by atoms with Crippen molar-refractivity contribution in [3.05, 3.63) is 94.0 Å². The lowest BCUT2D eigenvalue weighted by Crippen LogP contribution is -2.20. The maximum atomic E-state index is 12.2. The molecule has 0 atom stereocenters. The molecule has 1 N–H and O–H groups in total. The van der Waals surface area contributed by atoms with Crippen molar-refractivity contribution in [2.24, 2.45) is 0 Å². The number of nitro benzene ring substituents is 1. The van der Waals surface area contributed by atoms with Crippen LogP contribution in [-0.4, -0.2) is 17.4 Å². The van der Waals surface area contributed by atoms with Crippen LogP contribution in [0.1, 0.15) is 11.1 Å². The van der Waals surface area contributed by atoms with E-state index in [1.165, 1.54) is 6.07 Å². The van der Waals surface area contributed by atoms with Crippen LogP contribution in [0.3, 0.4) is 0 Å². The lowest BCUT2D eigenvalue weighted by atomic mass is 10.1. The fraction of sp³-hybridized carbons (Fsp3) is 0.136. The summed E-state index contributed by atoms with van der Waals surface area (Å²) in [6.45, 7) is 1.69. The molecule has 0 fully saturated rings.